The molecule has 1 N–H and O–H groups in total. The maximum Gasteiger partial charge on any atom is 0.418 e. The second-order valence-electron chi connectivity index (χ2n) is 4.11. The van der Waals surface area contributed by atoms with Crippen LogP contribution in [0, 0.1) is 0 Å². The number of methoxy groups -OCH3 is 1. The fraction of sp³-hybridized carbons (Fsp3) is 0.538. The van der Waals surface area contributed by atoms with Gasteiger partial charge in [-0.2, -0.15) is 13.2 Å². The van der Waals surface area contributed by atoms with Gasteiger partial charge in [-0.3, -0.25) is 0 Å². The Morgan fingerprint density at radius 2 is 2.00 bits per heavy atom. The predicted molar refractivity (Wildman–Crippen MR) is 67.6 cm³/mol. The molecule has 108 valence electrons. The Bertz CT molecular complexity index is 407. The van der Waals surface area contributed by atoms with Crippen molar-refractivity contribution in [3.05, 3.63) is 23.8 Å². The fourth-order valence-electron chi connectivity index (χ4n) is 1.61. The maximum atomic E-state index is 12.9. The van der Waals surface area contributed by atoms with Crippen LogP contribution in [0.1, 0.15) is 19.4 Å². The number of anilines is 1. The Balaban J connectivity index is 2.93. The van der Waals surface area contributed by atoms with Crippen LogP contribution in [0.2, 0.25) is 0 Å². The Morgan fingerprint density at radius 1 is 1.32 bits per heavy atom. The number of benzene rings is 1. The molecule has 1 rings (SSSR count). The summed E-state index contributed by atoms with van der Waals surface area (Å²) in [5.74, 6) is 0.176. The van der Waals surface area contributed by atoms with Crippen molar-refractivity contribution in [2.45, 2.75) is 26.1 Å². The number of nitrogens with one attached hydrogen (secondary N) is 1. The molecule has 0 bridgehead atoms. The van der Waals surface area contributed by atoms with Crippen LogP contribution >= 0.6 is 0 Å². The Hall–Kier alpha value is -1.43. The van der Waals surface area contributed by atoms with Gasteiger partial charge < -0.3 is 14.8 Å². The average molecular weight is 277 g/mol. The molecular weight excluding hydrogens is 259 g/mol. The molecule has 0 aliphatic carbocycles. The van der Waals surface area contributed by atoms with Crippen molar-refractivity contribution >= 4 is 5.69 Å². The van der Waals surface area contributed by atoms with Crippen LogP contribution in [-0.2, 0) is 10.9 Å². The first-order chi connectivity index (χ1) is 8.88. The number of hydrogen-bond acceptors (Lipinski definition) is 3. The van der Waals surface area contributed by atoms with Gasteiger partial charge >= 0.3 is 6.18 Å². The minimum absolute atomic E-state index is 0.0282. The molecule has 0 aliphatic rings. The summed E-state index contributed by atoms with van der Waals surface area (Å²) in [6.45, 7) is 4.47. The highest BCUT2D eigenvalue weighted by Gasteiger charge is 2.34. The van der Waals surface area contributed by atoms with E-state index in [4.69, 9.17) is 9.47 Å². The highest BCUT2D eigenvalue weighted by Crippen LogP contribution is 2.37. The maximum absolute atomic E-state index is 12.9. The van der Waals surface area contributed by atoms with Crippen LogP contribution in [0.3, 0.4) is 0 Å². The standard InChI is InChI=1S/C13H18F3NO2/c1-4-19-8-9(2)17-12-6-5-10(18-3)7-11(12)13(14,15)16/h5-7,9,17H,4,8H2,1-3H3. The highest BCUT2D eigenvalue weighted by molar-refractivity contribution is 5.56. The van der Waals surface area contributed by atoms with Gasteiger partial charge in [-0.05, 0) is 32.0 Å². The molecule has 1 unspecified atom stereocenters. The Kier molecular flexibility index (Phi) is 5.47. The quantitative estimate of drug-likeness (QED) is 0.862. The molecule has 1 aromatic carbocycles. The molecule has 0 aromatic heterocycles. The zero-order valence-corrected chi connectivity index (χ0v) is 11.2. The molecule has 19 heavy (non-hydrogen) atoms. The van der Waals surface area contributed by atoms with E-state index in [0.29, 0.717) is 13.2 Å². The molecule has 0 fully saturated rings. The van der Waals surface area contributed by atoms with E-state index in [2.05, 4.69) is 5.32 Å². The van der Waals surface area contributed by atoms with Gasteiger partial charge in [0.1, 0.15) is 5.75 Å². The molecule has 6 heteroatoms. The van der Waals surface area contributed by atoms with Crippen molar-refractivity contribution in [3.8, 4) is 5.75 Å². The molecule has 0 amide bonds. The van der Waals surface area contributed by atoms with Crippen molar-refractivity contribution in [1.82, 2.24) is 0 Å². The minimum atomic E-state index is -4.43. The Labute approximate surface area is 110 Å². The van der Waals surface area contributed by atoms with E-state index >= 15 is 0 Å². The highest BCUT2D eigenvalue weighted by atomic mass is 19.4. The van der Waals surface area contributed by atoms with Gasteiger partial charge in [0.25, 0.3) is 0 Å². The summed E-state index contributed by atoms with van der Waals surface area (Å²) in [5.41, 5.74) is -0.712. The van der Waals surface area contributed by atoms with E-state index in [0.717, 1.165) is 6.07 Å². The Morgan fingerprint density at radius 3 is 2.53 bits per heavy atom. The molecule has 0 spiro atoms. The third kappa shape index (κ3) is 4.63. The molecule has 0 saturated carbocycles. The molecule has 1 atom stereocenters. The van der Waals surface area contributed by atoms with E-state index in [-0.39, 0.29) is 17.5 Å². The number of rotatable bonds is 6. The largest absolute Gasteiger partial charge is 0.497 e. The van der Waals surface area contributed by atoms with Crippen molar-refractivity contribution < 1.29 is 22.6 Å². The van der Waals surface area contributed by atoms with E-state index in [1.165, 1.54) is 19.2 Å². The van der Waals surface area contributed by atoms with E-state index < -0.39 is 11.7 Å². The van der Waals surface area contributed by atoms with Gasteiger partial charge in [0.05, 0.1) is 19.3 Å². The van der Waals surface area contributed by atoms with Gasteiger partial charge in [-0.15, -0.1) is 0 Å². The molecule has 0 heterocycles. The molecule has 3 nitrogen and oxygen atoms in total. The monoisotopic (exact) mass is 277 g/mol. The number of ether oxygens (including phenoxy) is 2. The second-order valence-corrected chi connectivity index (χ2v) is 4.11. The lowest BCUT2D eigenvalue weighted by Gasteiger charge is -2.19. The van der Waals surface area contributed by atoms with Crippen molar-refractivity contribution in [2.75, 3.05) is 25.6 Å². The first kappa shape index (κ1) is 15.6. The topological polar surface area (TPSA) is 30.5 Å². The third-order valence-corrected chi connectivity index (χ3v) is 2.51. The SMILES string of the molecule is CCOCC(C)Nc1ccc(OC)cc1C(F)(F)F. The summed E-state index contributed by atoms with van der Waals surface area (Å²) in [6, 6.07) is 3.62. The lowest BCUT2D eigenvalue weighted by molar-refractivity contribution is -0.137. The predicted octanol–water partition coefficient (Wildman–Crippen LogP) is 3.55. The molecular formula is C13H18F3NO2. The van der Waals surface area contributed by atoms with Crippen LogP contribution in [-0.4, -0.2) is 26.4 Å². The van der Waals surface area contributed by atoms with Crippen LogP contribution in [0.15, 0.2) is 18.2 Å². The van der Waals surface area contributed by atoms with Gasteiger partial charge in [0.2, 0.25) is 0 Å². The van der Waals surface area contributed by atoms with Crippen LogP contribution in [0.25, 0.3) is 0 Å². The normalized spacial score (nSPS) is 13.2. The van der Waals surface area contributed by atoms with Crippen molar-refractivity contribution in [2.24, 2.45) is 0 Å². The summed E-state index contributed by atoms with van der Waals surface area (Å²) in [6.07, 6.45) is -4.43. The zero-order chi connectivity index (χ0) is 14.5. The summed E-state index contributed by atoms with van der Waals surface area (Å²) in [5, 5.41) is 2.80. The third-order valence-electron chi connectivity index (χ3n) is 2.51. The van der Waals surface area contributed by atoms with Gasteiger partial charge in [0, 0.05) is 18.3 Å². The van der Waals surface area contributed by atoms with Gasteiger partial charge in [-0.25, -0.2) is 0 Å². The fourth-order valence-corrected chi connectivity index (χ4v) is 1.61. The van der Waals surface area contributed by atoms with Gasteiger partial charge in [0.15, 0.2) is 0 Å². The second kappa shape index (κ2) is 6.65. The van der Waals surface area contributed by atoms with E-state index in [1.54, 1.807) is 6.92 Å². The summed E-state index contributed by atoms with van der Waals surface area (Å²) < 4.78 is 48.8. The molecule has 1 aromatic rings. The number of hydrogen-bond donors (Lipinski definition) is 1. The summed E-state index contributed by atoms with van der Waals surface area (Å²) in [4.78, 5) is 0. The molecule has 0 radical (unpaired) electrons. The number of alkyl halides is 3. The lowest BCUT2D eigenvalue weighted by Crippen LogP contribution is -2.23. The van der Waals surface area contributed by atoms with Crippen molar-refractivity contribution in [1.29, 1.82) is 0 Å². The lowest BCUT2D eigenvalue weighted by atomic mass is 10.1. The first-order valence-corrected chi connectivity index (χ1v) is 5.98. The number of halogens is 3. The summed E-state index contributed by atoms with van der Waals surface area (Å²) in [7, 11) is 1.33. The van der Waals surface area contributed by atoms with E-state index in [1.807, 2.05) is 6.92 Å². The van der Waals surface area contributed by atoms with E-state index in [9.17, 15) is 13.2 Å². The van der Waals surface area contributed by atoms with Crippen LogP contribution in [0.4, 0.5) is 18.9 Å². The van der Waals surface area contributed by atoms with Crippen LogP contribution < -0.4 is 10.1 Å². The minimum Gasteiger partial charge on any atom is -0.497 e. The first-order valence-electron chi connectivity index (χ1n) is 5.98. The molecule has 0 aliphatic heterocycles. The zero-order valence-electron chi connectivity index (χ0n) is 11.2. The van der Waals surface area contributed by atoms with Gasteiger partial charge in [-0.1, -0.05) is 0 Å². The smallest absolute Gasteiger partial charge is 0.418 e. The van der Waals surface area contributed by atoms with Crippen LogP contribution in [0.5, 0.6) is 5.75 Å². The molecule has 0 saturated heterocycles. The summed E-state index contributed by atoms with van der Waals surface area (Å²) >= 11 is 0. The average Bonchev–Trinajstić information content (AvgIpc) is 2.35. The van der Waals surface area contributed by atoms with Crippen molar-refractivity contribution in [3.63, 3.8) is 0 Å².